The maximum absolute atomic E-state index is 13.1. The van der Waals surface area contributed by atoms with E-state index in [0.29, 0.717) is 24.3 Å². The topological polar surface area (TPSA) is 46.3 Å². The molecule has 1 amide bonds. The lowest BCUT2D eigenvalue weighted by Gasteiger charge is -2.31. The van der Waals surface area contributed by atoms with Crippen LogP contribution in [0.5, 0.6) is 0 Å². The molecule has 2 atom stereocenters. The van der Waals surface area contributed by atoms with Crippen molar-refractivity contribution in [1.29, 1.82) is 0 Å². The average molecular weight is 300 g/mol. The zero-order valence-electron chi connectivity index (χ0n) is 13.6. The van der Waals surface area contributed by atoms with Gasteiger partial charge in [-0.2, -0.15) is 0 Å². The Morgan fingerprint density at radius 1 is 1.23 bits per heavy atom. The number of amides is 1. The van der Waals surface area contributed by atoms with Crippen molar-refractivity contribution in [3.63, 3.8) is 0 Å². The van der Waals surface area contributed by atoms with Crippen molar-refractivity contribution < 1.29 is 4.79 Å². The van der Waals surface area contributed by atoms with Crippen LogP contribution in [0.3, 0.4) is 0 Å². The van der Waals surface area contributed by atoms with Gasteiger partial charge in [0.25, 0.3) is 0 Å². The first kappa shape index (κ1) is 15.5. The first-order valence-electron chi connectivity index (χ1n) is 8.74. The van der Waals surface area contributed by atoms with Gasteiger partial charge in [0.2, 0.25) is 5.91 Å². The van der Waals surface area contributed by atoms with Gasteiger partial charge in [-0.15, -0.1) is 0 Å². The van der Waals surface area contributed by atoms with Gasteiger partial charge in [-0.1, -0.05) is 50.1 Å². The SMILES string of the molecule is CCC1(C(=O)N2C[C@@H](CN)[C@H](c3ccccc3)C2)CCCC1. The zero-order chi connectivity index (χ0) is 15.6. The van der Waals surface area contributed by atoms with E-state index in [1.165, 1.54) is 18.4 Å². The summed E-state index contributed by atoms with van der Waals surface area (Å²) in [6, 6.07) is 10.6. The second-order valence-electron chi connectivity index (χ2n) is 7.06. The molecule has 2 N–H and O–H groups in total. The fraction of sp³-hybridized carbons (Fsp3) is 0.632. The summed E-state index contributed by atoms with van der Waals surface area (Å²) < 4.78 is 0. The summed E-state index contributed by atoms with van der Waals surface area (Å²) in [5.41, 5.74) is 7.25. The van der Waals surface area contributed by atoms with E-state index >= 15 is 0 Å². The summed E-state index contributed by atoms with van der Waals surface area (Å²) in [6.07, 6.45) is 5.53. The lowest BCUT2D eigenvalue weighted by atomic mass is 9.82. The Labute approximate surface area is 133 Å². The number of benzene rings is 1. The molecule has 1 aliphatic heterocycles. The Kier molecular flexibility index (Phi) is 4.53. The number of carbonyl (C=O) groups excluding carboxylic acids is 1. The molecular weight excluding hydrogens is 272 g/mol. The fourth-order valence-electron chi connectivity index (χ4n) is 4.46. The van der Waals surface area contributed by atoms with Crippen molar-refractivity contribution in [2.75, 3.05) is 19.6 Å². The van der Waals surface area contributed by atoms with Crippen LogP contribution < -0.4 is 5.73 Å². The monoisotopic (exact) mass is 300 g/mol. The van der Waals surface area contributed by atoms with Crippen LogP contribution in [-0.2, 0) is 4.79 Å². The molecule has 2 fully saturated rings. The third-order valence-electron chi connectivity index (χ3n) is 5.95. The van der Waals surface area contributed by atoms with Crippen LogP contribution in [-0.4, -0.2) is 30.4 Å². The van der Waals surface area contributed by atoms with E-state index in [1.54, 1.807) is 0 Å². The lowest BCUT2D eigenvalue weighted by Crippen LogP contribution is -2.41. The molecule has 1 saturated heterocycles. The summed E-state index contributed by atoms with van der Waals surface area (Å²) in [4.78, 5) is 15.2. The molecule has 1 aliphatic carbocycles. The number of hydrogen-bond acceptors (Lipinski definition) is 2. The second kappa shape index (κ2) is 6.41. The van der Waals surface area contributed by atoms with Crippen LogP contribution >= 0.6 is 0 Å². The normalized spacial score (nSPS) is 27.3. The molecular formula is C19H28N2O. The van der Waals surface area contributed by atoms with Crippen LogP contribution in [0.2, 0.25) is 0 Å². The molecule has 0 radical (unpaired) electrons. The van der Waals surface area contributed by atoms with E-state index in [1.807, 2.05) is 6.07 Å². The minimum Gasteiger partial charge on any atom is -0.341 e. The van der Waals surface area contributed by atoms with Gasteiger partial charge in [0.05, 0.1) is 0 Å². The molecule has 3 nitrogen and oxygen atoms in total. The highest BCUT2D eigenvalue weighted by molar-refractivity contribution is 5.83. The number of rotatable bonds is 4. The number of nitrogens with two attached hydrogens (primary N) is 1. The molecule has 22 heavy (non-hydrogen) atoms. The number of likely N-dealkylation sites (tertiary alicyclic amines) is 1. The summed E-state index contributed by atoms with van der Waals surface area (Å²) in [7, 11) is 0. The van der Waals surface area contributed by atoms with E-state index in [2.05, 4.69) is 36.1 Å². The van der Waals surface area contributed by atoms with Crippen LogP contribution in [0.1, 0.15) is 50.5 Å². The van der Waals surface area contributed by atoms with Crippen molar-refractivity contribution in [3.8, 4) is 0 Å². The molecule has 0 bridgehead atoms. The van der Waals surface area contributed by atoms with Crippen molar-refractivity contribution in [2.24, 2.45) is 17.1 Å². The largest absolute Gasteiger partial charge is 0.341 e. The minimum atomic E-state index is -0.0786. The zero-order valence-corrected chi connectivity index (χ0v) is 13.6. The molecule has 1 aromatic rings. The van der Waals surface area contributed by atoms with Crippen LogP contribution in [0.4, 0.5) is 0 Å². The van der Waals surface area contributed by atoms with E-state index in [0.717, 1.165) is 32.4 Å². The quantitative estimate of drug-likeness (QED) is 0.928. The maximum Gasteiger partial charge on any atom is 0.228 e. The molecule has 0 aromatic heterocycles. The Balaban J connectivity index is 1.78. The average Bonchev–Trinajstić information content (AvgIpc) is 3.22. The number of carbonyl (C=O) groups is 1. The summed E-state index contributed by atoms with van der Waals surface area (Å²) in [5, 5.41) is 0. The molecule has 3 rings (SSSR count). The molecule has 120 valence electrons. The predicted molar refractivity (Wildman–Crippen MR) is 89.5 cm³/mol. The Morgan fingerprint density at radius 3 is 2.50 bits per heavy atom. The molecule has 2 aliphatic rings. The van der Waals surface area contributed by atoms with Gasteiger partial charge in [0.1, 0.15) is 0 Å². The van der Waals surface area contributed by atoms with Gasteiger partial charge in [-0.05, 0) is 37.3 Å². The summed E-state index contributed by atoms with van der Waals surface area (Å²) >= 11 is 0. The van der Waals surface area contributed by atoms with Gasteiger partial charge in [0, 0.05) is 24.4 Å². The molecule has 1 aromatic carbocycles. The third kappa shape index (κ3) is 2.67. The molecule has 0 spiro atoms. The highest BCUT2D eigenvalue weighted by atomic mass is 16.2. The Morgan fingerprint density at radius 2 is 1.91 bits per heavy atom. The van der Waals surface area contributed by atoms with Gasteiger partial charge in [0.15, 0.2) is 0 Å². The second-order valence-corrected chi connectivity index (χ2v) is 7.06. The van der Waals surface area contributed by atoms with E-state index in [-0.39, 0.29) is 5.41 Å². The van der Waals surface area contributed by atoms with Crippen molar-refractivity contribution in [3.05, 3.63) is 35.9 Å². The van der Waals surface area contributed by atoms with E-state index < -0.39 is 0 Å². The highest BCUT2D eigenvalue weighted by Gasteiger charge is 2.45. The Bertz CT molecular complexity index is 507. The number of hydrogen-bond donors (Lipinski definition) is 1. The first-order chi connectivity index (χ1) is 10.7. The molecule has 1 heterocycles. The van der Waals surface area contributed by atoms with Crippen LogP contribution in [0, 0.1) is 11.3 Å². The fourth-order valence-corrected chi connectivity index (χ4v) is 4.46. The lowest BCUT2D eigenvalue weighted by molar-refractivity contribution is -0.141. The summed E-state index contributed by atoms with van der Waals surface area (Å²) in [5.74, 6) is 1.18. The van der Waals surface area contributed by atoms with E-state index in [9.17, 15) is 4.79 Å². The maximum atomic E-state index is 13.1. The van der Waals surface area contributed by atoms with Crippen LogP contribution in [0.25, 0.3) is 0 Å². The van der Waals surface area contributed by atoms with E-state index in [4.69, 9.17) is 5.73 Å². The first-order valence-corrected chi connectivity index (χ1v) is 8.74. The van der Waals surface area contributed by atoms with Gasteiger partial charge < -0.3 is 10.6 Å². The van der Waals surface area contributed by atoms with Gasteiger partial charge in [-0.3, -0.25) is 4.79 Å². The van der Waals surface area contributed by atoms with Crippen LogP contribution in [0.15, 0.2) is 30.3 Å². The molecule has 3 heteroatoms. The standard InChI is InChI=1S/C19H28N2O/c1-2-19(10-6-7-11-19)18(22)21-13-16(12-20)17(14-21)15-8-4-3-5-9-15/h3-5,8-9,16-17H,2,6-7,10-14,20H2,1H3/t16-,17+/m1/s1. The van der Waals surface area contributed by atoms with Crippen molar-refractivity contribution in [1.82, 2.24) is 4.90 Å². The molecule has 0 unspecified atom stereocenters. The van der Waals surface area contributed by atoms with Crippen molar-refractivity contribution in [2.45, 2.75) is 44.9 Å². The highest BCUT2D eigenvalue weighted by Crippen LogP contribution is 2.44. The number of nitrogens with zero attached hydrogens (tertiary/aromatic N) is 1. The van der Waals surface area contributed by atoms with Gasteiger partial charge in [-0.25, -0.2) is 0 Å². The van der Waals surface area contributed by atoms with Crippen molar-refractivity contribution >= 4 is 5.91 Å². The predicted octanol–water partition coefficient (Wildman–Crippen LogP) is 3.16. The molecule has 1 saturated carbocycles. The van der Waals surface area contributed by atoms with Gasteiger partial charge >= 0.3 is 0 Å². The third-order valence-corrected chi connectivity index (χ3v) is 5.95. The summed E-state index contributed by atoms with van der Waals surface area (Å²) in [6.45, 7) is 4.50. The smallest absolute Gasteiger partial charge is 0.228 e. The Hall–Kier alpha value is -1.35. The minimum absolute atomic E-state index is 0.0786.